The number of hydrogen-bond acceptors (Lipinski definition) is 2. The van der Waals surface area contributed by atoms with E-state index in [2.05, 4.69) is 10.6 Å². The van der Waals surface area contributed by atoms with Crippen molar-refractivity contribution in [2.24, 2.45) is 0 Å². The number of amides is 2. The lowest BCUT2D eigenvalue weighted by Gasteiger charge is -2.20. The van der Waals surface area contributed by atoms with E-state index in [-0.39, 0.29) is 18.4 Å². The summed E-state index contributed by atoms with van der Waals surface area (Å²) in [6.07, 6.45) is 0. The normalized spacial score (nSPS) is 13.0. The lowest BCUT2D eigenvalue weighted by Crippen LogP contribution is -3.14. The first-order valence-electron chi connectivity index (χ1n) is 7.79. The number of rotatable bonds is 6. The Morgan fingerprint density at radius 1 is 1.12 bits per heavy atom. The van der Waals surface area contributed by atoms with E-state index in [0.717, 1.165) is 0 Å². The fraction of sp³-hybridized carbons (Fsp3) is 0.222. The molecule has 0 aliphatic heterocycles. The minimum atomic E-state index is -0.461. The van der Waals surface area contributed by atoms with Gasteiger partial charge in [0.15, 0.2) is 12.6 Å². The van der Waals surface area contributed by atoms with Crippen molar-refractivity contribution in [1.29, 1.82) is 0 Å². The van der Waals surface area contributed by atoms with Gasteiger partial charge in [-0.3, -0.25) is 9.59 Å². The SMILES string of the molecule is C[C@H](C(=O)Nc1cccc(Cl)c1)[NH+](C)CC(=O)Nc1cccc(F)c1. The Labute approximate surface area is 150 Å². The van der Waals surface area contributed by atoms with Crippen LogP contribution in [0.4, 0.5) is 15.8 Å². The first kappa shape index (κ1) is 18.9. The molecule has 132 valence electrons. The zero-order valence-electron chi connectivity index (χ0n) is 14.0. The molecule has 0 spiro atoms. The molecule has 2 aromatic rings. The minimum Gasteiger partial charge on any atom is -0.321 e. The van der Waals surface area contributed by atoms with Gasteiger partial charge >= 0.3 is 0 Å². The summed E-state index contributed by atoms with van der Waals surface area (Å²) in [7, 11) is 1.74. The molecule has 2 aromatic carbocycles. The molecule has 0 fully saturated rings. The second-order valence-electron chi connectivity index (χ2n) is 5.80. The number of benzene rings is 2. The number of hydrogen-bond donors (Lipinski definition) is 3. The Morgan fingerprint density at radius 3 is 2.40 bits per heavy atom. The van der Waals surface area contributed by atoms with E-state index in [4.69, 9.17) is 11.6 Å². The molecule has 1 unspecified atom stereocenters. The summed E-state index contributed by atoms with van der Waals surface area (Å²) in [5.74, 6) is -0.948. The predicted octanol–water partition coefficient (Wildman–Crippen LogP) is 1.96. The smallest absolute Gasteiger partial charge is 0.282 e. The largest absolute Gasteiger partial charge is 0.321 e. The van der Waals surface area contributed by atoms with Crippen LogP contribution in [0.2, 0.25) is 5.02 Å². The Hall–Kier alpha value is -2.44. The number of likely N-dealkylation sites (N-methyl/N-ethyl adjacent to an activating group) is 1. The average Bonchev–Trinajstić information content (AvgIpc) is 2.53. The molecule has 2 rings (SSSR count). The highest BCUT2D eigenvalue weighted by atomic mass is 35.5. The van der Waals surface area contributed by atoms with Crippen LogP contribution < -0.4 is 15.5 Å². The Morgan fingerprint density at radius 2 is 1.76 bits per heavy atom. The maximum Gasteiger partial charge on any atom is 0.282 e. The van der Waals surface area contributed by atoms with Crippen molar-refractivity contribution in [3.8, 4) is 0 Å². The first-order chi connectivity index (χ1) is 11.8. The highest BCUT2D eigenvalue weighted by molar-refractivity contribution is 6.30. The number of anilines is 2. The standard InChI is InChI=1S/C18H19ClFN3O2/c1-12(18(25)22-15-7-3-5-13(19)9-15)23(2)11-17(24)21-16-8-4-6-14(20)10-16/h3-10,12H,11H2,1-2H3,(H,21,24)(H,22,25)/p+1/t12-/m1/s1. The van der Waals surface area contributed by atoms with Crippen LogP contribution in [0, 0.1) is 5.82 Å². The summed E-state index contributed by atoms with van der Waals surface area (Å²) in [5, 5.41) is 5.91. The number of carbonyl (C=O) groups excluding carboxylic acids is 2. The fourth-order valence-electron chi connectivity index (χ4n) is 2.22. The molecule has 3 N–H and O–H groups in total. The van der Waals surface area contributed by atoms with Crippen LogP contribution >= 0.6 is 11.6 Å². The average molecular weight is 365 g/mol. The first-order valence-corrected chi connectivity index (χ1v) is 8.17. The molecular formula is C18H20ClFN3O2+. The molecule has 25 heavy (non-hydrogen) atoms. The van der Waals surface area contributed by atoms with Crippen LogP contribution in [-0.4, -0.2) is 31.4 Å². The summed E-state index contributed by atoms with van der Waals surface area (Å²) in [6, 6.07) is 12.0. The van der Waals surface area contributed by atoms with Crippen LogP contribution in [0.25, 0.3) is 0 Å². The molecule has 2 atom stereocenters. The van der Waals surface area contributed by atoms with E-state index in [9.17, 15) is 14.0 Å². The van der Waals surface area contributed by atoms with Gasteiger partial charge in [0.1, 0.15) is 5.82 Å². The zero-order valence-corrected chi connectivity index (χ0v) is 14.7. The molecule has 0 heterocycles. The Bertz CT molecular complexity index is 769. The predicted molar refractivity (Wildman–Crippen MR) is 96.3 cm³/mol. The van der Waals surface area contributed by atoms with E-state index >= 15 is 0 Å². The summed E-state index contributed by atoms with van der Waals surface area (Å²) >= 11 is 5.89. The van der Waals surface area contributed by atoms with E-state index in [1.54, 1.807) is 44.3 Å². The highest BCUT2D eigenvalue weighted by Gasteiger charge is 2.24. The van der Waals surface area contributed by atoms with Crippen LogP contribution in [0.5, 0.6) is 0 Å². The molecule has 0 saturated heterocycles. The number of quaternary nitrogens is 1. The third-order valence-electron chi connectivity index (χ3n) is 3.77. The highest BCUT2D eigenvalue weighted by Crippen LogP contribution is 2.14. The van der Waals surface area contributed by atoms with Gasteiger partial charge in [-0.25, -0.2) is 4.39 Å². The van der Waals surface area contributed by atoms with E-state index < -0.39 is 11.9 Å². The summed E-state index contributed by atoms with van der Waals surface area (Å²) < 4.78 is 13.1. The van der Waals surface area contributed by atoms with E-state index in [1.807, 2.05) is 0 Å². The molecule has 0 radical (unpaired) electrons. The lowest BCUT2D eigenvalue weighted by atomic mass is 10.2. The van der Waals surface area contributed by atoms with E-state index in [1.165, 1.54) is 18.2 Å². The van der Waals surface area contributed by atoms with Gasteiger partial charge in [-0.1, -0.05) is 23.7 Å². The maximum absolute atomic E-state index is 13.1. The molecule has 0 aliphatic carbocycles. The molecule has 0 bridgehead atoms. The Kier molecular flexibility index (Phi) is 6.50. The second-order valence-corrected chi connectivity index (χ2v) is 6.24. The van der Waals surface area contributed by atoms with Gasteiger partial charge in [-0.15, -0.1) is 0 Å². The zero-order chi connectivity index (χ0) is 18.4. The summed E-state index contributed by atoms with van der Waals surface area (Å²) in [4.78, 5) is 25.1. The maximum atomic E-state index is 13.1. The second kappa shape index (κ2) is 8.60. The Balaban J connectivity index is 1.89. The van der Waals surface area contributed by atoms with Crippen molar-refractivity contribution < 1.29 is 18.9 Å². The topological polar surface area (TPSA) is 62.6 Å². The van der Waals surface area contributed by atoms with Gasteiger partial charge in [-0.05, 0) is 43.3 Å². The van der Waals surface area contributed by atoms with Gasteiger partial charge in [0.25, 0.3) is 11.8 Å². The lowest BCUT2D eigenvalue weighted by molar-refractivity contribution is -0.885. The van der Waals surface area contributed by atoms with Crippen LogP contribution in [-0.2, 0) is 9.59 Å². The van der Waals surface area contributed by atoms with Crippen molar-refractivity contribution in [2.75, 3.05) is 24.2 Å². The molecule has 0 aromatic heterocycles. The van der Waals surface area contributed by atoms with Gasteiger partial charge in [0.2, 0.25) is 0 Å². The molecule has 0 saturated carbocycles. The van der Waals surface area contributed by atoms with Crippen LogP contribution in [0.15, 0.2) is 48.5 Å². The molecule has 2 amide bonds. The van der Waals surface area contributed by atoms with Crippen molar-refractivity contribution >= 4 is 34.8 Å². The van der Waals surface area contributed by atoms with Crippen molar-refractivity contribution in [3.05, 3.63) is 59.4 Å². The monoisotopic (exact) mass is 364 g/mol. The number of nitrogens with one attached hydrogen (secondary N) is 3. The van der Waals surface area contributed by atoms with Gasteiger partial charge < -0.3 is 15.5 Å². The molecule has 0 aliphatic rings. The summed E-state index contributed by atoms with van der Waals surface area (Å²) in [6.45, 7) is 1.80. The fourth-order valence-corrected chi connectivity index (χ4v) is 2.41. The van der Waals surface area contributed by atoms with Crippen molar-refractivity contribution in [3.63, 3.8) is 0 Å². The van der Waals surface area contributed by atoms with Crippen molar-refractivity contribution in [2.45, 2.75) is 13.0 Å². The van der Waals surface area contributed by atoms with Crippen molar-refractivity contribution in [1.82, 2.24) is 0 Å². The van der Waals surface area contributed by atoms with Gasteiger partial charge in [-0.2, -0.15) is 0 Å². The molecule has 7 heteroatoms. The van der Waals surface area contributed by atoms with Crippen LogP contribution in [0.1, 0.15) is 6.92 Å². The third kappa shape index (κ3) is 5.85. The molecule has 5 nitrogen and oxygen atoms in total. The minimum absolute atomic E-state index is 0.0701. The number of carbonyl (C=O) groups is 2. The molecular weight excluding hydrogens is 345 g/mol. The van der Waals surface area contributed by atoms with E-state index in [0.29, 0.717) is 21.3 Å². The number of halogens is 2. The van der Waals surface area contributed by atoms with Gasteiger partial charge in [0, 0.05) is 16.4 Å². The quantitative estimate of drug-likeness (QED) is 0.733. The van der Waals surface area contributed by atoms with Crippen LogP contribution in [0.3, 0.4) is 0 Å². The van der Waals surface area contributed by atoms with Gasteiger partial charge in [0.05, 0.1) is 7.05 Å². The third-order valence-corrected chi connectivity index (χ3v) is 4.01. The summed E-state index contributed by atoms with van der Waals surface area (Å²) in [5.41, 5.74) is 0.982.